The number of carbonyl (C=O) groups excluding carboxylic acids is 3. The van der Waals surface area contributed by atoms with Crippen LogP contribution in [0.2, 0.25) is 0 Å². The number of rotatable bonds is 51. The van der Waals surface area contributed by atoms with Crippen molar-refractivity contribution in [1.29, 1.82) is 0 Å². The largest absolute Gasteiger partial charge is 0.462 e. The molecule has 6 heteroatoms. The number of hydrogen-bond acceptors (Lipinski definition) is 6. The van der Waals surface area contributed by atoms with E-state index in [1.54, 1.807) is 0 Å². The minimum absolute atomic E-state index is 0.0956. The molecule has 0 aromatic heterocycles. The van der Waals surface area contributed by atoms with E-state index >= 15 is 0 Å². The van der Waals surface area contributed by atoms with Crippen molar-refractivity contribution >= 4 is 17.9 Å². The van der Waals surface area contributed by atoms with Crippen molar-refractivity contribution < 1.29 is 28.6 Å². The minimum atomic E-state index is -0.803. The number of carbonyl (C=O) groups is 3. The molecule has 0 saturated heterocycles. The van der Waals surface area contributed by atoms with Crippen molar-refractivity contribution in [2.24, 2.45) is 0 Å². The second-order valence-electron chi connectivity index (χ2n) is 18.8. The Labute approximate surface area is 420 Å². The van der Waals surface area contributed by atoms with Crippen LogP contribution in [0.3, 0.4) is 0 Å². The molecule has 0 spiro atoms. The van der Waals surface area contributed by atoms with Gasteiger partial charge in [0, 0.05) is 19.3 Å². The lowest BCUT2D eigenvalue weighted by molar-refractivity contribution is -0.167. The standard InChI is InChI=1S/C62H106O6/c1-4-7-10-13-16-19-22-25-28-31-34-37-40-43-46-49-52-55-61(64)67-58-59(57-66-60(63)54-51-48-45-42-39-36-33-30-27-24-21-18-15-12-9-6-3)68-62(65)56-53-50-47-44-41-38-35-32-29-26-23-20-17-14-11-8-5-2/h7,10,16-17,19-20,25-26,28-29,34,37,43,46,59H,4-6,8-9,11-15,18,21-24,27,30-33,35-36,38-42,44-45,47-58H2,1-3H3/b10-7-,19-16-,20-17-,28-25-,29-26-,37-34-,46-43-/t59-/m1/s1. The maximum atomic E-state index is 12.9. The number of hydrogen-bond donors (Lipinski definition) is 0. The van der Waals surface area contributed by atoms with Crippen LogP contribution in [0.4, 0.5) is 0 Å². The number of allylic oxidation sites excluding steroid dienone is 14. The van der Waals surface area contributed by atoms with Gasteiger partial charge >= 0.3 is 17.9 Å². The molecule has 0 radical (unpaired) electrons. The summed E-state index contributed by atoms with van der Waals surface area (Å²) in [5, 5.41) is 0. The molecule has 0 unspecified atom stereocenters. The molecule has 0 heterocycles. The molecule has 1 atom stereocenters. The molecule has 0 aliphatic carbocycles. The van der Waals surface area contributed by atoms with E-state index in [1.807, 2.05) is 0 Å². The lowest BCUT2D eigenvalue weighted by Gasteiger charge is -2.18. The van der Waals surface area contributed by atoms with Crippen molar-refractivity contribution in [3.63, 3.8) is 0 Å². The normalized spacial score (nSPS) is 12.7. The molecule has 390 valence electrons. The highest BCUT2D eigenvalue weighted by molar-refractivity contribution is 5.71. The minimum Gasteiger partial charge on any atom is -0.462 e. The zero-order valence-corrected chi connectivity index (χ0v) is 44.6. The third-order valence-electron chi connectivity index (χ3n) is 12.1. The van der Waals surface area contributed by atoms with E-state index < -0.39 is 6.10 Å². The van der Waals surface area contributed by atoms with Gasteiger partial charge in [0.15, 0.2) is 6.10 Å². The zero-order chi connectivity index (χ0) is 49.3. The molecule has 0 aromatic carbocycles. The molecular formula is C62H106O6. The summed E-state index contributed by atoms with van der Waals surface area (Å²) in [7, 11) is 0. The molecule has 68 heavy (non-hydrogen) atoms. The molecule has 0 aliphatic heterocycles. The van der Waals surface area contributed by atoms with Gasteiger partial charge in [-0.15, -0.1) is 0 Å². The predicted molar refractivity (Wildman–Crippen MR) is 293 cm³/mol. The Kier molecular flexibility index (Phi) is 53.4. The lowest BCUT2D eigenvalue weighted by atomic mass is 10.0. The van der Waals surface area contributed by atoms with Gasteiger partial charge in [0.2, 0.25) is 0 Å². The molecule has 0 bridgehead atoms. The first-order valence-corrected chi connectivity index (χ1v) is 28.6. The van der Waals surface area contributed by atoms with E-state index in [-0.39, 0.29) is 37.5 Å². The van der Waals surface area contributed by atoms with E-state index in [4.69, 9.17) is 14.2 Å². The van der Waals surface area contributed by atoms with Crippen LogP contribution in [0.25, 0.3) is 0 Å². The fraction of sp³-hybridized carbons (Fsp3) is 0.726. The van der Waals surface area contributed by atoms with E-state index in [0.29, 0.717) is 19.3 Å². The van der Waals surface area contributed by atoms with E-state index in [2.05, 4.69) is 106 Å². The highest BCUT2D eigenvalue weighted by Crippen LogP contribution is 2.16. The van der Waals surface area contributed by atoms with Crippen molar-refractivity contribution in [3.8, 4) is 0 Å². The summed E-state index contributed by atoms with van der Waals surface area (Å²) < 4.78 is 16.8. The Bertz CT molecular complexity index is 1320. The molecule has 6 nitrogen and oxygen atoms in total. The van der Waals surface area contributed by atoms with Gasteiger partial charge in [0.1, 0.15) is 13.2 Å². The van der Waals surface area contributed by atoms with Crippen LogP contribution in [0.15, 0.2) is 85.1 Å². The second kappa shape index (κ2) is 56.2. The summed E-state index contributed by atoms with van der Waals surface area (Å²) in [5.41, 5.74) is 0. The van der Waals surface area contributed by atoms with Gasteiger partial charge in [-0.1, -0.05) is 247 Å². The quantitative estimate of drug-likeness (QED) is 0.0262. The van der Waals surface area contributed by atoms with Gasteiger partial charge < -0.3 is 14.2 Å². The Morgan fingerprint density at radius 1 is 0.309 bits per heavy atom. The van der Waals surface area contributed by atoms with E-state index in [9.17, 15) is 14.4 Å². The summed E-state index contributed by atoms with van der Waals surface area (Å²) in [6.07, 6.45) is 72.9. The maximum Gasteiger partial charge on any atom is 0.306 e. The van der Waals surface area contributed by atoms with Gasteiger partial charge in [0.25, 0.3) is 0 Å². The molecule has 0 amide bonds. The molecule has 0 aromatic rings. The van der Waals surface area contributed by atoms with E-state index in [1.165, 1.54) is 135 Å². The smallest absolute Gasteiger partial charge is 0.306 e. The number of esters is 3. The lowest BCUT2D eigenvalue weighted by Crippen LogP contribution is -2.30. The van der Waals surface area contributed by atoms with Crippen molar-refractivity contribution in [3.05, 3.63) is 85.1 Å². The van der Waals surface area contributed by atoms with Gasteiger partial charge in [-0.3, -0.25) is 14.4 Å². The van der Waals surface area contributed by atoms with Crippen molar-refractivity contribution in [2.45, 2.75) is 277 Å². The first-order valence-electron chi connectivity index (χ1n) is 28.6. The highest BCUT2D eigenvalue weighted by Gasteiger charge is 2.19. The number of ether oxygens (including phenoxy) is 3. The Balaban J connectivity index is 4.47. The molecule has 0 rings (SSSR count). The first kappa shape index (κ1) is 64.6. The Morgan fingerprint density at radius 3 is 0.985 bits per heavy atom. The van der Waals surface area contributed by atoms with Crippen molar-refractivity contribution in [1.82, 2.24) is 0 Å². The van der Waals surface area contributed by atoms with Crippen LogP contribution >= 0.6 is 0 Å². The van der Waals surface area contributed by atoms with Gasteiger partial charge in [-0.2, -0.15) is 0 Å². The molecule has 0 fully saturated rings. The van der Waals surface area contributed by atoms with Crippen LogP contribution in [0.5, 0.6) is 0 Å². The van der Waals surface area contributed by atoms with Crippen LogP contribution in [0.1, 0.15) is 271 Å². The summed E-state index contributed by atoms with van der Waals surface area (Å²) >= 11 is 0. The molecule has 0 N–H and O–H groups in total. The average Bonchev–Trinajstić information content (AvgIpc) is 3.34. The molecule has 0 saturated carbocycles. The average molecular weight is 948 g/mol. The van der Waals surface area contributed by atoms with Gasteiger partial charge in [0.05, 0.1) is 0 Å². The zero-order valence-electron chi connectivity index (χ0n) is 44.6. The highest BCUT2D eigenvalue weighted by atomic mass is 16.6. The third kappa shape index (κ3) is 53.5. The fourth-order valence-electron chi connectivity index (χ4n) is 7.86. The topological polar surface area (TPSA) is 78.9 Å². The molecular weight excluding hydrogens is 841 g/mol. The maximum absolute atomic E-state index is 12.9. The second-order valence-corrected chi connectivity index (χ2v) is 18.8. The van der Waals surface area contributed by atoms with Gasteiger partial charge in [-0.05, 0) is 89.9 Å². The first-order chi connectivity index (χ1) is 33.5. The fourth-order valence-corrected chi connectivity index (χ4v) is 7.86. The predicted octanol–water partition coefficient (Wildman–Crippen LogP) is 19.2. The summed E-state index contributed by atoms with van der Waals surface area (Å²) in [6, 6.07) is 0. The SMILES string of the molecule is CC/C=C\C/C=C\C/C=C\C/C=C\C/C=C\CCCC(=O)OC[C@@H](COC(=O)CCCCCCCCCCCCCCCCCC)OC(=O)CCCCCCCCC/C=C\C/C=C\CCCCC. The van der Waals surface area contributed by atoms with Crippen molar-refractivity contribution in [2.75, 3.05) is 13.2 Å². The van der Waals surface area contributed by atoms with Crippen LogP contribution in [-0.2, 0) is 28.6 Å². The summed E-state index contributed by atoms with van der Waals surface area (Å²) in [5.74, 6) is -0.957. The van der Waals surface area contributed by atoms with Crippen LogP contribution < -0.4 is 0 Å². The Morgan fingerprint density at radius 2 is 0.588 bits per heavy atom. The van der Waals surface area contributed by atoms with Crippen LogP contribution in [-0.4, -0.2) is 37.2 Å². The summed E-state index contributed by atoms with van der Waals surface area (Å²) in [6.45, 7) is 6.46. The summed E-state index contributed by atoms with van der Waals surface area (Å²) in [4.78, 5) is 38.1. The van der Waals surface area contributed by atoms with E-state index in [0.717, 1.165) is 89.9 Å². The monoisotopic (exact) mass is 947 g/mol. The number of unbranched alkanes of at least 4 members (excludes halogenated alkanes) is 26. The third-order valence-corrected chi connectivity index (χ3v) is 12.1. The van der Waals surface area contributed by atoms with Crippen LogP contribution in [0, 0.1) is 0 Å². The molecule has 0 aliphatic rings. The Hall–Kier alpha value is -3.41. The van der Waals surface area contributed by atoms with Gasteiger partial charge in [-0.25, -0.2) is 0 Å².